The van der Waals surface area contributed by atoms with Crippen molar-refractivity contribution in [3.8, 4) is 0 Å². The van der Waals surface area contributed by atoms with Crippen molar-refractivity contribution in [1.82, 2.24) is 0 Å². The van der Waals surface area contributed by atoms with Crippen LogP contribution in [0.5, 0.6) is 0 Å². The van der Waals surface area contributed by atoms with Gasteiger partial charge in [0, 0.05) is 6.08 Å². The lowest BCUT2D eigenvalue weighted by molar-refractivity contribution is -0.00490. The van der Waals surface area contributed by atoms with Crippen LogP contribution in [0.25, 0.3) is 5.53 Å². The van der Waals surface area contributed by atoms with E-state index in [4.69, 9.17) is 5.53 Å². The second kappa shape index (κ2) is 2.67. The van der Waals surface area contributed by atoms with Crippen LogP contribution in [0.4, 0.5) is 0 Å². The zero-order chi connectivity index (χ0) is 6.69. The molecule has 3 heteroatoms. The number of rotatable bonds is 0. The highest BCUT2D eigenvalue weighted by Crippen LogP contribution is 2.04. The quantitative estimate of drug-likeness (QED) is 0.295. The van der Waals surface area contributed by atoms with Crippen LogP contribution in [-0.4, -0.2) is 15.8 Å². The lowest BCUT2D eigenvalue weighted by Crippen LogP contribution is -2.11. The summed E-state index contributed by atoms with van der Waals surface area (Å²) in [6.45, 7) is 0. The van der Waals surface area contributed by atoms with Crippen LogP contribution in [0.15, 0.2) is 24.3 Å². The number of hydrogen-bond acceptors (Lipinski definition) is 1. The van der Waals surface area contributed by atoms with E-state index >= 15 is 0 Å². The van der Waals surface area contributed by atoms with E-state index < -0.39 is 0 Å². The maximum absolute atomic E-state index is 8.32. The number of nitrogens with zero attached hydrogens (tertiary/aromatic N) is 2. The Kier molecular flexibility index (Phi) is 1.88. The highest BCUT2D eigenvalue weighted by molar-refractivity contribution is 7.82. The van der Waals surface area contributed by atoms with E-state index in [1.54, 1.807) is 6.08 Å². The first-order chi connectivity index (χ1) is 4.34. The molecule has 9 heavy (non-hydrogen) atoms. The molecule has 0 N–H and O–H groups in total. The van der Waals surface area contributed by atoms with Gasteiger partial charge in [-0.2, -0.15) is 17.4 Å². The molecule has 0 saturated carbocycles. The second-order valence-corrected chi connectivity index (χ2v) is 2.27. The molecule has 0 bridgehead atoms. The van der Waals surface area contributed by atoms with Crippen LogP contribution in [0.3, 0.4) is 0 Å². The normalized spacial score (nSPS) is 24.1. The smallest absolute Gasteiger partial charge is 0.308 e. The summed E-state index contributed by atoms with van der Waals surface area (Å²) in [6, 6.07) is 0. The molecule has 0 fully saturated rings. The van der Waals surface area contributed by atoms with Gasteiger partial charge in [-0.05, 0) is 0 Å². The van der Waals surface area contributed by atoms with Crippen LogP contribution in [-0.2, 0) is 0 Å². The van der Waals surface area contributed by atoms with Gasteiger partial charge in [-0.25, -0.2) is 0 Å². The molecule has 1 rings (SSSR count). The van der Waals surface area contributed by atoms with Crippen molar-refractivity contribution in [2.45, 2.75) is 5.25 Å². The molecule has 0 heterocycles. The predicted octanol–water partition coefficient (Wildman–Crippen LogP) is 1.08. The fraction of sp³-hybridized carbons (Fsp3) is 0.167. The molecule has 46 valence electrons. The van der Waals surface area contributed by atoms with E-state index in [0.29, 0.717) is 5.71 Å². The summed E-state index contributed by atoms with van der Waals surface area (Å²) in [4.78, 5) is 3.03. The van der Waals surface area contributed by atoms with Crippen molar-refractivity contribution in [2.24, 2.45) is 0 Å². The monoisotopic (exact) mass is 138 g/mol. The van der Waals surface area contributed by atoms with Crippen molar-refractivity contribution >= 4 is 18.3 Å². The van der Waals surface area contributed by atoms with Crippen molar-refractivity contribution < 1.29 is 4.79 Å². The Balaban J connectivity index is 2.90. The minimum Gasteiger partial charge on any atom is -0.361 e. The Morgan fingerprint density at radius 3 is 2.78 bits per heavy atom. The first-order valence-corrected chi connectivity index (χ1v) is 3.11. The van der Waals surface area contributed by atoms with Crippen LogP contribution in [0.1, 0.15) is 0 Å². The fourth-order valence-corrected chi connectivity index (χ4v) is 0.850. The van der Waals surface area contributed by atoms with Crippen LogP contribution >= 0.6 is 12.6 Å². The molecule has 1 unspecified atom stereocenters. The average molecular weight is 138 g/mol. The molecule has 0 aromatic rings. The van der Waals surface area contributed by atoms with E-state index in [0.717, 1.165) is 0 Å². The van der Waals surface area contributed by atoms with E-state index in [-0.39, 0.29) is 5.25 Å². The Morgan fingerprint density at radius 2 is 2.33 bits per heavy atom. The number of thiol groups is 1. The second-order valence-electron chi connectivity index (χ2n) is 1.71. The van der Waals surface area contributed by atoms with Crippen molar-refractivity contribution in [3.05, 3.63) is 29.8 Å². The van der Waals surface area contributed by atoms with E-state index in [2.05, 4.69) is 17.4 Å². The summed E-state index contributed by atoms with van der Waals surface area (Å²) < 4.78 is 0. The minimum atomic E-state index is -0.0556. The molecule has 1 aliphatic carbocycles. The van der Waals surface area contributed by atoms with Crippen LogP contribution < -0.4 is 0 Å². The van der Waals surface area contributed by atoms with E-state index in [9.17, 15) is 0 Å². The summed E-state index contributed by atoms with van der Waals surface area (Å²) >= 11 is 4.11. The highest BCUT2D eigenvalue weighted by Gasteiger charge is 2.13. The van der Waals surface area contributed by atoms with Gasteiger partial charge in [-0.3, -0.25) is 0 Å². The lowest BCUT2D eigenvalue weighted by Gasteiger charge is -1.97. The van der Waals surface area contributed by atoms with E-state index in [1.165, 1.54) is 0 Å². The van der Waals surface area contributed by atoms with Gasteiger partial charge >= 0.3 is 5.71 Å². The van der Waals surface area contributed by atoms with Gasteiger partial charge in [0.2, 0.25) is 0 Å². The van der Waals surface area contributed by atoms with Gasteiger partial charge < -0.3 is 5.53 Å². The molecule has 0 radical (unpaired) electrons. The van der Waals surface area contributed by atoms with Gasteiger partial charge in [-0.1, -0.05) is 18.2 Å². The van der Waals surface area contributed by atoms with Gasteiger partial charge in [0.25, 0.3) is 0 Å². The minimum absolute atomic E-state index is 0.0556. The summed E-state index contributed by atoms with van der Waals surface area (Å²) in [5, 5.41) is -0.0556. The third kappa shape index (κ3) is 1.31. The van der Waals surface area contributed by atoms with Gasteiger partial charge in [0.1, 0.15) is 5.25 Å². The van der Waals surface area contributed by atoms with Gasteiger partial charge in [-0.15, -0.1) is 0 Å². The summed E-state index contributed by atoms with van der Waals surface area (Å²) in [6.07, 6.45) is 7.24. The first kappa shape index (κ1) is 6.33. The largest absolute Gasteiger partial charge is 0.361 e. The fourth-order valence-electron chi connectivity index (χ4n) is 0.613. The molecule has 0 spiro atoms. The molecule has 0 amide bonds. The Labute approximate surface area is 58.9 Å². The van der Waals surface area contributed by atoms with Crippen LogP contribution in [0, 0.1) is 0 Å². The molecule has 1 atom stereocenters. The molecule has 0 aliphatic heterocycles. The average Bonchev–Trinajstić information content (AvgIpc) is 1.89. The topological polar surface area (TPSA) is 36.4 Å². The highest BCUT2D eigenvalue weighted by atomic mass is 32.1. The Morgan fingerprint density at radius 1 is 1.56 bits per heavy atom. The predicted molar refractivity (Wildman–Crippen MR) is 39.7 cm³/mol. The van der Waals surface area contributed by atoms with Crippen molar-refractivity contribution in [2.75, 3.05) is 0 Å². The SMILES string of the molecule is [N-]=[N+]=C1C=CC=CC1S. The molecular formula is C6H6N2S. The van der Waals surface area contributed by atoms with Crippen LogP contribution in [0.2, 0.25) is 0 Å². The standard InChI is InChI=1S/C6H6N2S/c7-8-5-3-1-2-4-6(5)9/h1-4,6,9H. The maximum Gasteiger partial charge on any atom is 0.308 e. The van der Waals surface area contributed by atoms with Gasteiger partial charge in [0.15, 0.2) is 0 Å². The lowest BCUT2D eigenvalue weighted by atomic mass is 10.1. The van der Waals surface area contributed by atoms with Gasteiger partial charge in [0.05, 0.1) is 0 Å². The van der Waals surface area contributed by atoms with Crippen molar-refractivity contribution in [3.63, 3.8) is 0 Å². The molecule has 1 aliphatic rings. The summed E-state index contributed by atoms with van der Waals surface area (Å²) in [5.74, 6) is 0. The maximum atomic E-state index is 8.32. The third-order valence-electron chi connectivity index (χ3n) is 1.09. The number of allylic oxidation sites excluding steroid dienone is 3. The first-order valence-electron chi connectivity index (χ1n) is 2.59. The molecular weight excluding hydrogens is 132 g/mol. The van der Waals surface area contributed by atoms with Crippen molar-refractivity contribution in [1.29, 1.82) is 0 Å². The molecule has 0 aromatic heterocycles. The zero-order valence-corrected chi connectivity index (χ0v) is 5.62. The van der Waals surface area contributed by atoms with E-state index in [1.807, 2.05) is 18.2 Å². The Bertz CT molecular complexity index is 211. The Hall–Kier alpha value is -0.790. The number of hydrogen-bond donors (Lipinski definition) is 1. The third-order valence-corrected chi connectivity index (χ3v) is 1.53. The summed E-state index contributed by atoms with van der Waals surface area (Å²) in [7, 11) is 0. The zero-order valence-electron chi connectivity index (χ0n) is 4.73. The molecule has 2 nitrogen and oxygen atoms in total. The molecule has 0 aromatic carbocycles. The summed E-state index contributed by atoms with van der Waals surface area (Å²) in [5.41, 5.74) is 8.90. The molecule has 0 saturated heterocycles.